The van der Waals surface area contributed by atoms with Crippen LogP contribution in [0.25, 0.3) is 0 Å². The third-order valence-electron chi connectivity index (χ3n) is 5.31. The maximum Gasteiger partial charge on any atom is 0.250 e. The minimum atomic E-state index is 0.269. The highest BCUT2D eigenvalue weighted by Crippen LogP contribution is 2.32. The molecule has 0 spiro atoms. The number of para-hydroxylation sites is 2. The Morgan fingerprint density at radius 1 is 0.564 bits per heavy atom. The Bertz CT molecular complexity index is 1480. The van der Waals surface area contributed by atoms with Gasteiger partial charge in [-0.25, -0.2) is 10.9 Å². The van der Waals surface area contributed by atoms with Crippen LogP contribution in [0.3, 0.4) is 0 Å². The van der Waals surface area contributed by atoms with Crippen molar-refractivity contribution >= 4 is 86.8 Å². The molecule has 5 rings (SSSR count). The number of hydrazone groups is 2. The third-order valence-corrected chi connectivity index (χ3v) is 6.65. The first-order chi connectivity index (χ1) is 19.1. The van der Waals surface area contributed by atoms with E-state index >= 15 is 0 Å². The van der Waals surface area contributed by atoms with E-state index in [0.717, 1.165) is 29.6 Å². The van der Waals surface area contributed by atoms with Crippen LogP contribution < -0.4 is 15.8 Å². The SMILES string of the molecule is Ic1cccc(/C=N/Nc2nc(N/N=C/c3cccc(I)c3)nc(N(c3ccccc3)c3ccccc3)n2)c1. The van der Waals surface area contributed by atoms with Crippen LogP contribution in [-0.4, -0.2) is 27.4 Å². The summed E-state index contributed by atoms with van der Waals surface area (Å²) >= 11 is 4.54. The van der Waals surface area contributed by atoms with Gasteiger partial charge in [-0.1, -0.05) is 60.7 Å². The summed E-state index contributed by atoms with van der Waals surface area (Å²) in [6, 6.07) is 35.9. The maximum atomic E-state index is 4.70. The number of halogens is 2. The summed E-state index contributed by atoms with van der Waals surface area (Å²) in [4.78, 5) is 15.8. The fraction of sp³-hybridized carbons (Fsp3) is 0. The summed E-state index contributed by atoms with van der Waals surface area (Å²) in [6.45, 7) is 0. The summed E-state index contributed by atoms with van der Waals surface area (Å²) in [5.74, 6) is 0.942. The van der Waals surface area contributed by atoms with Gasteiger partial charge in [0, 0.05) is 18.5 Å². The lowest BCUT2D eigenvalue weighted by Crippen LogP contribution is -2.16. The van der Waals surface area contributed by atoms with Crippen molar-refractivity contribution in [3.05, 3.63) is 127 Å². The normalized spacial score (nSPS) is 11.1. The van der Waals surface area contributed by atoms with Crippen molar-refractivity contribution in [2.24, 2.45) is 10.2 Å². The molecule has 0 amide bonds. The van der Waals surface area contributed by atoms with E-state index in [2.05, 4.69) is 71.2 Å². The second-order valence-electron chi connectivity index (χ2n) is 8.14. The van der Waals surface area contributed by atoms with Gasteiger partial charge >= 0.3 is 0 Å². The van der Waals surface area contributed by atoms with E-state index in [1.54, 1.807) is 12.4 Å². The molecule has 0 fully saturated rings. The molecule has 0 atom stereocenters. The molecule has 0 aliphatic carbocycles. The predicted octanol–water partition coefficient (Wildman–Crippen LogP) is 7.44. The quantitative estimate of drug-likeness (QED) is 0.0930. The van der Waals surface area contributed by atoms with Crippen molar-refractivity contribution in [3.63, 3.8) is 0 Å². The molecular weight excluding hydrogens is 714 g/mol. The van der Waals surface area contributed by atoms with Gasteiger partial charge in [0.15, 0.2) is 0 Å². The van der Waals surface area contributed by atoms with Crippen molar-refractivity contribution in [2.75, 3.05) is 15.8 Å². The van der Waals surface area contributed by atoms with Gasteiger partial charge in [-0.05, 0) is 105 Å². The van der Waals surface area contributed by atoms with Crippen molar-refractivity contribution in [1.82, 2.24) is 15.0 Å². The molecule has 4 aromatic carbocycles. The lowest BCUT2D eigenvalue weighted by molar-refractivity contribution is 0.991. The summed E-state index contributed by atoms with van der Waals surface area (Å²) in [5, 5.41) is 8.72. The fourth-order valence-electron chi connectivity index (χ4n) is 3.60. The molecular formula is C29H22I2N8. The van der Waals surface area contributed by atoms with Crippen LogP contribution in [0, 0.1) is 7.14 Å². The molecule has 2 N–H and O–H groups in total. The second kappa shape index (κ2) is 13.2. The van der Waals surface area contributed by atoms with Crippen LogP contribution in [0.4, 0.5) is 29.2 Å². The molecule has 0 saturated heterocycles. The van der Waals surface area contributed by atoms with E-state index in [1.807, 2.05) is 114 Å². The standard InChI is InChI=1S/C29H22I2N8/c30-23-11-7-9-21(17-23)19-32-37-27-34-28(38-33-20-22-10-8-12-24(31)18-22)36-29(35-27)39(25-13-3-1-4-14-25)26-15-5-2-6-16-26/h1-20H,(H2,34,35,36,37,38)/b32-19+,33-20+. The Labute approximate surface area is 253 Å². The number of hydrogen-bond acceptors (Lipinski definition) is 8. The third kappa shape index (κ3) is 7.57. The van der Waals surface area contributed by atoms with Crippen LogP contribution >= 0.6 is 45.2 Å². The van der Waals surface area contributed by atoms with Crippen molar-refractivity contribution in [3.8, 4) is 0 Å². The number of anilines is 5. The Morgan fingerprint density at radius 2 is 1.03 bits per heavy atom. The number of hydrogen-bond donors (Lipinski definition) is 2. The molecule has 8 nitrogen and oxygen atoms in total. The Morgan fingerprint density at radius 3 is 1.46 bits per heavy atom. The van der Waals surface area contributed by atoms with Crippen molar-refractivity contribution in [2.45, 2.75) is 0 Å². The van der Waals surface area contributed by atoms with E-state index in [0.29, 0.717) is 5.95 Å². The largest absolute Gasteiger partial charge is 0.279 e. The molecule has 39 heavy (non-hydrogen) atoms. The molecule has 0 radical (unpaired) electrons. The van der Waals surface area contributed by atoms with Crippen LogP contribution in [0.2, 0.25) is 0 Å². The smallest absolute Gasteiger partial charge is 0.250 e. The Kier molecular flexibility index (Phi) is 9.06. The van der Waals surface area contributed by atoms with Crippen LogP contribution in [0.1, 0.15) is 11.1 Å². The Hall–Kier alpha value is -3.91. The van der Waals surface area contributed by atoms with Crippen molar-refractivity contribution in [1.29, 1.82) is 0 Å². The van der Waals surface area contributed by atoms with Gasteiger partial charge < -0.3 is 0 Å². The first-order valence-electron chi connectivity index (χ1n) is 11.9. The van der Waals surface area contributed by atoms with Gasteiger partial charge in [-0.2, -0.15) is 25.2 Å². The number of rotatable bonds is 9. The van der Waals surface area contributed by atoms with E-state index in [-0.39, 0.29) is 11.9 Å². The average molecular weight is 736 g/mol. The second-order valence-corrected chi connectivity index (χ2v) is 10.6. The highest BCUT2D eigenvalue weighted by Gasteiger charge is 2.17. The molecule has 10 heteroatoms. The van der Waals surface area contributed by atoms with Crippen LogP contribution in [0.5, 0.6) is 0 Å². The molecule has 1 heterocycles. The summed E-state index contributed by atoms with van der Waals surface area (Å²) in [6.07, 6.45) is 3.44. The number of aromatic nitrogens is 3. The molecule has 192 valence electrons. The first kappa shape index (κ1) is 26.7. The average Bonchev–Trinajstić information content (AvgIpc) is 2.95. The molecule has 0 saturated carbocycles. The zero-order valence-corrected chi connectivity index (χ0v) is 24.8. The van der Waals surface area contributed by atoms with E-state index in [4.69, 9.17) is 9.97 Å². The number of nitrogens with one attached hydrogen (secondary N) is 2. The highest BCUT2D eigenvalue weighted by atomic mass is 127. The maximum absolute atomic E-state index is 4.70. The monoisotopic (exact) mass is 736 g/mol. The molecule has 0 unspecified atom stereocenters. The summed E-state index contributed by atoms with van der Waals surface area (Å²) in [5.41, 5.74) is 9.62. The number of nitrogens with zero attached hydrogens (tertiary/aromatic N) is 6. The molecule has 0 aliphatic heterocycles. The zero-order valence-electron chi connectivity index (χ0n) is 20.5. The Balaban J connectivity index is 1.50. The lowest BCUT2D eigenvalue weighted by Gasteiger charge is -2.23. The van der Waals surface area contributed by atoms with E-state index < -0.39 is 0 Å². The minimum absolute atomic E-state index is 0.269. The van der Waals surface area contributed by atoms with E-state index in [9.17, 15) is 0 Å². The topological polar surface area (TPSA) is 90.7 Å². The highest BCUT2D eigenvalue weighted by molar-refractivity contribution is 14.1. The van der Waals surface area contributed by atoms with Gasteiger partial charge in [-0.3, -0.25) is 4.90 Å². The minimum Gasteiger partial charge on any atom is -0.279 e. The summed E-state index contributed by atoms with van der Waals surface area (Å²) in [7, 11) is 0. The van der Waals surface area contributed by atoms with Gasteiger partial charge in [0.25, 0.3) is 0 Å². The van der Waals surface area contributed by atoms with Crippen molar-refractivity contribution < 1.29 is 0 Å². The van der Waals surface area contributed by atoms with Crippen LogP contribution in [0.15, 0.2) is 119 Å². The molecule has 0 aliphatic rings. The van der Waals surface area contributed by atoms with Gasteiger partial charge in [0.2, 0.25) is 17.8 Å². The van der Waals surface area contributed by atoms with Crippen LogP contribution in [-0.2, 0) is 0 Å². The lowest BCUT2D eigenvalue weighted by atomic mass is 10.2. The number of benzene rings is 4. The molecule has 1 aromatic heterocycles. The van der Waals surface area contributed by atoms with Gasteiger partial charge in [0.1, 0.15) is 0 Å². The fourth-order valence-corrected chi connectivity index (χ4v) is 4.74. The van der Waals surface area contributed by atoms with E-state index in [1.165, 1.54) is 0 Å². The van der Waals surface area contributed by atoms with Gasteiger partial charge in [-0.15, -0.1) is 0 Å². The summed E-state index contributed by atoms with van der Waals surface area (Å²) < 4.78 is 2.25. The predicted molar refractivity (Wildman–Crippen MR) is 175 cm³/mol. The zero-order chi connectivity index (χ0) is 26.9. The van der Waals surface area contributed by atoms with Gasteiger partial charge in [0.05, 0.1) is 12.4 Å². The molecule has 5 aromatic rings. The first-order valence-corrected chi connectivity index (χ1v) is 14.1. The molecule has 0 bridgehead atoms.